The van der Waals surface area contributed by atoms with Crippen LogP contribution in [0.15, 0.2) is 48.5 Å². The predicted octanol–water partition coefficient (Wildman–Crippen LogP) is 2.90. The Labute approximate surface area is 143 Å². The van der Waals surface area contributed by atoms with Gasteiger partial charge in [-0.15, -0.1) is 0 Å². The summed E-state index contributed by atoms with van der Waals surface area (Å²) < 4.78 is 5.80. The third-order valence-electron chi connectivity index (χ3n) is 3.94. The maximum absolute atomic E-state index is 9.64. The second-order valence-corrected chi connectivity index (χ2v) is 6.71. The van der Waals surface area contributed by atoms with Gasteiger partial charge in [-0.1, -0.05) is 42.2 Å². The molecule has 2 aromatic rings. The maximum Gasteiger partial charge on any atom is 0.122 e. The number of benzene rings is 2. The molecular formula is C21H23NO2. The van der Waals surface area contributed by atoms with E-state index in [0.717, 1.165) is 24.3 Å². The number of nitrogens with one attached hydrogen (secondary N) is 1. The van der Waals surface area contributed by atoms with E-state index in [-0.39, 0.29) is 0 Å². The molecule has 1 unspecified atom stereocenters. The van der Waals surface area contributed by atoms with Crippen molar-refractivity contribution in [3.8, 4) is 17.6 Å². The van der Waals surface area contributed by atoms with Crippen LogP contribution in [0.5, 0.6) is 5.75 Å². The first kappa shape index (κ1) is 16.6. The van der Waals surface area contributed by atoms with Crippen molar-refractivity contribution in [2.75, 3.05) is 6.61 Å². The van der Waals surface area contributed by atoms with Crippen molar-refractivity contribution in [3.63, 3.8) is 0 Å². The zero-order valence-corrected chi connectivity index (χ0v) is 14.2. The molecule has 1 atom stereocenters. The molecule has 1 heterocycles. The van der Waals surface area contributed by atoms with E-state index >= 15 is 0 Å². The zero-order valence-electron chi connectivity index (χ0n) is 14.2. The molecule has 24 heavy (non-hydrogen) atoms. The standard InChI is InChI=1S/C21H23NO2/c1-21(2,23)12-11-16-7-9-17(10-8-16)14-22-19-13-18-5-3-4-6-20(18)24-15-19/h3-10,19,22-23H,13-15H2,1-2H3. The smallest absolute Gasteiger partial charge is 0.122 e. The van der Waals surface area contributed by atoms with E-state index in [1.54, 1.807) is 13.8 Å². The summed E-state index contributed by atoms with van der Waals surface area (Å²) in [6.07, 6.45) is 0.991. The van der Waals surface area contributed by atoms with Crippen molar-refractivity contribution in [1.29, 1.82) is 0 Å². The third-order valence-corrected chi connectivity index (χ3v) is 3.94. The number of hydrogen-bond donors (Lipinski definition) is 2. The van der Waals surface area contributed by atoms with Gasteiger partial charge in [-0.05, 0) is 49.6 Å². The molecule has 0 bridgehead atoms. The summed E-state index contributed by atoms with van der Waals surface area (Å²) in [4.78, 5) is 0. The number of rotatable bonds is 3. The average molecular weight is 321 g/mol. The summed E-state index contributed by atoms with van der Waals surface area (Å²) in [5.74, 6) is 6.82. The fraction of sp³-hybridized carbons (Fsp3) is 0.333. The van der Waals surface area contributed by atoms with Crippen LogP contribution in [0, 0.1) is 11.8 Å². The van der Waals surface area contributed by atoms with E-state index in [0.29, 0.717) is 12.6 Å². The van der Waals surface area contributed by atoms with Crippen LogP contribution in [0.3, 0.4) is 0 Å². The van der Waals surface area contributed by atoms with Gasteiger partial charge in [-0.3, -0.25) is 0 Å². The highest BCUT2D eigenvalue weighted by Gasteiger charge is 2.18. The molecule has 0 spiro atoms. The molecule has 2 aromatic carbocycles. The Morgan fingerprint density at radius 2 is 1.92 bits per heavy atom. The van der Waals surface area contributed by atoms with Gasteiger partial charge in [0, 0.05) is 18.2 Å². The van der Waals surface area contributed by atoms with Crippen molar-refractivity contribution < 1.29 is 9.84 Å². The monoisotopic (exact) mass is 321 g/mol. The van der Waals surface area contributed by atoms with Gasteiger partial charge in [0.2, 0.25) is 0 Å². The second kappa shape index (κ2) is 7.09. The highest BCUT2D eigenvalue weighted by Crippen LogP contribution is 2.24. The van der Waals surface area contributed by atoms with Crippen LogP contribution in [0.25, 0.3) is 0 Å². The molecule has 3 nitrogen and oxygen atoms in total. The highest BCUT2D eigenvalue weighted by molar-refractivity contribution is 5.38. The van der Waals surface area contributed by atoms with Crippen LogP contribution in [0.2, 0.25) is 0 Å². The highest BCUT2D eigenvalue weighted by atomic mass is 16.5. The number of aliphatic hydroxyl groups is 1. The minimum absolute atomic E-state index is 0.328. The molecule has 2 N–H and O–H groups in total. The number of fused-ring (bicyclic) bond motifs is 1. The Balaban J connectivity index is 1.55. The lowest BCUT2D eigenvalue weighted by Gasteiger charge is -2.26. The molecule has 0 radical (unpaired) electrons. The minimum atomic E-state index is -0.961. The van der Waals surface area contributed by atoms with Crippen molar-refractivity contribution in [3.05, 3.63) is 65.2 Å². The van der Waals surface area contributed by atoms with Crippen LogP contribution < -0.4 is 10.1 Å². The number of para-hydroxylation sites is 1. The molecular weight excluding hydrogens is 298 g/mol. The first-order valence-corrected chi connectivity index (χ1v) is 8.28. The van der Waals surface area contributed by atoms with Gasteiger partial charge >= 0.3 is 0 Å². The Bertz CT molecular complexity index is 748. The molecule has 0 saturated heterocycles. The molecule has 0 amide bonds. The van der Waals surface area contributed by atoms with Gasteiger partial charge in [0.1, 0.15) is 18.0 Å². The van der Waals surface area contributed by atoms with E-state index < -0.39 is 5.60 Å². The molecule has 1 aliphatic heterocycles. The minimum Gasteiger partial charge on any atom is -0.492 e. The van der Waals surface area contributed by atoms with Gasteiger partial charge < -0.3 is 15.2 Å². The molecule has 3 rings (SSSR count). The molecule has 0 aromatic heterocycles. The van der Waals surface area contributed by atoms with E-state index in [4.69, 9.17) is 4.74 Å². The summed E-state index contributed by atoms with van der Waals surface area (Å²) in [5.41, 5.74) is 2.43. The fourth-order valence-electron chi connectivity index (χ4n) is 2.65. The second-order valence-electron chi connectivity index (χ2n) is 6.71. The summed E-state index contributed by atoms with van der Waals surface area (Å²) in [6.45, 7) is 4.87. The van der Waals surface area contributed by atoms with Gasteiger partial charge in [-0.2, -0.15) is 0 Å². The number of ether oxygens (including phenoxy) is 1. The third kappa shape index (κ3) is 4.61. The Morgan fingerprint density at radius 3 is 2.67 bits per heavy atom. The lowest BCUT2D eigenvalue weighted by atomic mass is 10.0. The predicted molar refractivity (Wildman–Crippen MR) is 95.9 cm³/mol. The normalized spacial score (nSPS) is 16.5. The molecule has 3 heteroatoms. The Kier molecular flexibility index (Phi) is 4.89. The van der Waals surface area contributed by atoms with Crippen molar-refractivity contribution in [2.24, 2.45) is 0 Å². The number of hydrogen-bond acceptors (Lipinski definition) is 3. The van der Waals surface area contributed by atoms with Gasteiger partial charge in [0.05, 0.1) is 0 Å². The van der Waals surface area contributed by atoms with E-state index in [2.05, 4.69) is 41.4 Å². The van der Waals surface area contributed by atoms with Crippen LogP contribution in [-0.2, 0) is 13.0 Å². The van der Waals surface area contributed by atoms with Crippen LogP contribution in [0.1, 0.15) is 30.5 Å². The largest absolute Gasteiger partial charge is 0.492 e. The van der Waals surface area contributed by atoms with Gasteiger partial charge in [0.25, 0.3) is 0 Å². The van der Waals surface area contributed by atoms with E-state index in [9.17, 15) is 5.11 Å². The van der Waals surface area contributed by atoms with E-state index in [1.165, 1.54) is 11.1 Å². The summed E-state index contributed by atoms with van der Waals surface area (Å²) >= 11 is 0. The molecule has 0 aliphatic carbocycles. The fourth-order valence-corrected chi connectivity index (χ4v) is 2.65. The summed E-state index contributed by atoms with van der Waals surface area (Å²) in [7, 11) is 0. The lowest BCUT2D eigenvalue weighted by Crippen LogP contribution is -2.38. The van der Waals surface area contributed by atoms with Gasteiger partial charge in [0.15, 0.2) is 0 Å². The van der Waals surface area contributed by atoms with Crippen molar-refractivity contribution >= 4 is 0 Å². The SMILES string of the molecule is CC(C)(O)C#Cc1ccc(CNC2COc3ccccc3C2)cc1. The Morgan fingerprint density at radius 1 is 1.17 bits per heavy atom. The van der Waals surface area contributed by atoms with Crippen LogP contribution in [0.4, 0.5) is 0 Å². The topological polar surface area (TPSA) is 41.5 Å². The average Bonchev–Trinajstić information content (AvgIpc) is 2.58. The van der Waals surface area contributed by atoms with Crippen molar-refractivity contribution in [1.82, 2.24) is 5.32 Å². The first-order valence-electron chi connectivity index (χ1n) is 8.28. The molecule has 0 saturated carbocycles. The lowest BCUT2D eigenvalue weighted by molar-refractivity contribution is 0.143. The summed E-state index contributed by atoms with van der Waals surface area (Å²) in [5, 5.41) is 13.2. The van der Waals surface area contributed by atoms with Crippen LogP contribution in [-0.4, -0.2) is 23.4 Å². The zero-order chi connectivity index (χ0) is 17.0. The molecule has 0 fully saturated rings. The molecule has 1 aliphatic rings. The molecule has 124 valence electrons. The van der Waals surface area contributed by atoms with Crippen LogP contribution >= 0.6 is 0 Å². The first-order chi connectivity index (χ1) is 11.5. The Hall–Kier alpha value is -2.28. The van der Waals surface area contributed by atoms with E-state index in [1.807, 2.05) is 24.3 Å². The summed E-state index contributed by atoms with van der Waals surface area (Å²) in [6, 6.07) is 16.7. The van der Waals surface area contributed by atoms with Gasteiger partial charge in [-0.25, -0.2) is 0 Å². The maximum atomic E-state index is 9.64. The quantitative estimate of drug-likeness (QED) is 0.854. The van der Waals surface area contributed by atoms with Crippen molar-refractivity contribution in [2.45, 2.75) is 38.5 Å².